The van der Waals surface area contributed by atoms with Crippen LogP contribution in [0.1, 0.15) is 23.2 Å². The van der Waals surface area contributed by atoms with Crippen LogP contribution >= 0.6 is 11.6 Å². The predicted molar refractivity (Wildman–Crippen MR) is 93.1 cm³/mol. The van der Waals surface area contributed by atoms with Crippen molar-refractivity contribution in [1.29, 1.82) is 0 Å². The van der Waals surface area contributed by atoms with Crippen molar-refractivity contribution in [3.63, 3.8) is 0 Å². The second-order valence-electron chi connectivity index (χ2n) is 5.89. The third-order valence-electron chi connectivity index (χ3n) is 4.29. The first-order chi connectivity index (χ1) is 11.6. The molecule has 2 aromatic rings. The number of carbonyl (C=O) groups is 1. The zero-order chi connectivity index (χ0) is 17.1. The smallest absolute Gasteiger partial charge is 0.322 e. The minimum absolute atomic E-state index is 0.133. The van der Waals surface area contributed by atoms with Crippen molar-refractivity contribution in [2.24, 2.45) is 7.05 Å². The second kappa shape index (κ2) is 7.23. The molecular weight excluding hydrogens is 328 g/mol. The number of nitrogens with zero attached hydrogens (tertiary/aromatic N) is 3. The van der Waals surface area contributed by atoms with E-state index in [2.05, 4.69) is 10.4 Å². The quantitative estimate of drug-likeness (QED) is 0.926. The molecule has 1 aliphatic rings. The summed E-state index contributed by atoms with van der Waals surface area (Å²) in [7, 11) is 3.55. The van der Waals surface area contributed by atoms with Gasteiger partial charge in [-0.1, -0.05) is 17.7 Å². The van der Waals surface area contributed by atoms with Gasteiger partial charge in [0.2, 0.25) is 0 Å². The van der Waals surface area contributed by atoms with Crippen molar-refractivity contribution in [2.45, 2.75) is 26.0 Å². The van der Waals surface area contributed by atoms with Gasteiger partial charge in [-0.2, -0.15) is 5.10 Å². The van der Waals surface area contributed by atoms with Crippen molar-refractivity contribution in [3.05, 3.63) is 46.2 Å². The molecule has 1 aromatic carbocycles. The van der Waals surface area contributed by atoms with Gasteiger partial charge in [-0.25, -0.2) is 4.79 Å². The number of aryl methyl sites for hydroxylation is 1. The first-order valence-corrected chi connectivity index (χ1v) is 8.30. The first-order valence-electron chi connectivity index (χ1n) is 7.92. The van der Waals surface area contributed by atoms with Crippen LogP contribution in [0.3, 0.4) is 0 Å². The number of ether oxygens (including phenoxy) is 1. The molecule has 0 aliphatic carbocycles. The Balaban J connectivity index is 1.77. The number of carbonyl (C=O) groups excluding carboxylic acids is 1. The van der Waals surface area contributed by atoms with Crippen molar-refractivity contribution in [1.82, 2.24) is 14.7 Å². The topological polar surface area (TPSA) is 59.4 Å². The monoisotopic (exact) mass is 348 g/mol. The van der Waals surface area contributed by atoms with Gasteiger partial charge in [-0.05, 0) is 25.0 Å². The zero-order valence-corrected chi connectivity index (χ0v) is 14.6. The number of aromatic nitrogens is 2. The fraction of sp³-hybridized carbons (Fsp3) is 0.412. The van der Waals surface area contributed by atoms with Crippen molar-refractivity contribution in [2.75, 3.05) is 19.0 Å². The molecule has 2 heterocycles. The van der Waals surface area contributed by atoms with Crippen LogP contribution in [0, 0.1) is 0 Å². The van der Waals surface area contributed by atoms with Gasteiger partial charge in [0.25, 0.3) is 0 Å². The van der Waals surface area contributed by atoms with E-state index in [9.17, 15) is 4.79 Å². The van der Waals surface area contributed by atoms with Gasteiger partial charge in [-0.3, -0.25) is 4.68 Å². The largest absolute Gasteiger partial charge is 0.380 e. The molecule has 1 aromatic heterocycles. The van der Waals surface area contributed by atoms with Crippen molar-refractivity contribution in [3.8, 4) is 0 Å². The summed E-state index contributed by atoms with van der Waals surface area (Å²) in [5, 5.41) is 7.84. The molecule has 2 amide bonds. The fourth-order valence-electron chi connectivity index (χ4n) is 3.02. The average Bonchev–Trinajstić information content (AvgIpc) is 2.78. The lowest BCUT2D eigenvalue weighted by atomic mass is 10.2. The highest BCUT2D eigenvalue weighted by Gasteiger charge is 2.22. The average molecular weight is 349 g/mol. The van der Waals surface area contributed by atoms with Crippen LogP contribution in [-0.2, 0) is 31.4 Å². The molecule has 0 spiro atoms. The summed E-state index contributed by atoms with van der Waals surface area (Å²) in [6, 6.07) is 5.32. The molecule has 1 aliphatic heterocycles. The molecule has 128 valence electrons. The second-order valence-corrected chi connectivity index (χ2v) is 6.30. The molecule has 6 nitrogen and oxygen atoms in total. The van der Waals surface area contributed by atoms with Crippen LogP contribution in [0.5, 0.6) is 0 Å². The van der Waals surface area contributed by atoms with Crippen LogP contribution in [-0.4, -0.2) is 34.4 Å². The van der Waals surface area contributed by atoms with Gasteiger partial charge in [0, 0.05) is 48.2 Å². The van der Waals surface area contributed by atoms with Gasteiger partial charge < -0.3 is 15.0 Å². The number of fused-ring (bicyclic) bond motifs is 1. The van der Waals surface area contributed by atoms with Crippen LogP contribution in [0.2, 0.25) is 5.02 Å². The molecule has 0 atom stereocenters. The Morgan fingerprint density at radius 3 is 3.08 bits per heavy atom. The SMILES string of the molecule is COCc1c(Cl)cccc1NC(=O)N1CCCc2c(cnn2C)C1. The molecular formula is C17H21ClN4O2. The molecule has 0 unspecified atom stereocenters. The molecule has 1 N–H and O–H groups in total. The van der Waals surface area contributed by atoms with Crippen molar-refractivity contribution < 1.29 is 9.53 Å². The van der Waals surface area contributed by atoms with E-state index in [0.717, 1.165) is 24.0 Å². The van der Waals surface area contributed by atoms with Gasteiger partial charge in [0.15, 0.2) is 0 Å². The highest BCUT2D eigenvalue weighted by atomic mass is 35.5. The summed E-state index contributed by atoms with van der Waals surface area (Å²) in [6.07, 6.45) is 3.69. The molecule has 7 heteroatoms. The van der Waals surface area contributed by atoms with Gasteiger partial charge in [0.05, 0.1) is 19.3 Å². The maximum absolute atomic E-state index is 12.7. The maximum atomic E-state index is 12.7. The Bertz CT molecular complexity index is 744. The molecule has 24 heavy (non-hydrogen) atoms. The van der Waals surface area contributed by atoms with Gasteiger partial charge in [0.1, 0.15) is 0 Å². The summed E-state index contributed by atoms with van der Waals surface area (Å²) in [6.45, 7) is 1.62. The summed E-state index contributed by atoms with van der Waals surface area (Å²) in [5.74, 6) is 0. The lowest BCUT2D eigenvalue weighted by Crippen LogP contribution is -2.34. The minimum Gasteiger partial charge on any atom is -0.380 e. The molecule has 0 radical (unpaired) electrons. The number of methoxy groups -OCH3 is 1. The minimum atomic E-state index is -0.133. The fourth-order valence-corrected chi connectivity index (χ4v) is 3.25. The number of urea groups is 1. The van der Waals surface area contributed by atoms with Crippen LogP contribution < -0.4 is 5.32 Å². The highest BCUT2D eigenvalue weighted by Crippen LogP contribution is 2.26. The van der Waals surface area contributed by atoms with Crippen molar-refractivity contribution >= 4 is 23.3 Å². The third kappa shape index (κ3) is 3.39. The number of benzene rings is 1. The highest BCUT2D eigenvalue weighted by molar-refractivity contribution is 6.31. The number of hydrogen-bond acceptors (Lipinski definition) is 3. The van der Waals surface area contributed by atoms with Gasteiger partial charge >= 0.3 is 6.03 Å². The normalized spacial score (nSPS) is 14.2. The molecule has 0 fully saturated rings. The molecule has 0 bridgehead atoms. The van der Waals surface area contributed by atoms with E-state index in [1.165, 1.54) is 5.69 Å². The molecule has 0 saturated carbocycles. The number of anilines is 1. The predicted octanol–water partition coefficient (Wildman–Crippen LogP) is 3.20. The maximum Gasteiger partial charge on any atom is 0.322 e. The van der Waals surface area contributed by atoms with Crippen LogP contribution in [0.4, 0.5) is 10.5 Å². The Morgan fingerprint density at radius 1 is 1.46 bits per heavy atom. The Labute approximate surface area is 146 Å². The lowest BCUT2D eigenvalue weighted by molar-refractivity contribution is 0.185. The zero-order valence-electron chi connectivity index (χ0n) is 13.9. The summed E-state index contributed by atoms with van der Waals surface area (Å²) >= 11 is 6.22. The van der Waals surface area contributed by atoms with Crippen LogP contribution in [0.25, 0.3) is 0 Å². The summed E-state index contributed by atoms with van der Waals surface area (Å²) in [4.78, 5) is 14.5. The van der Waals surface area contributed by atoms with Crippen LogP contribution in [0.15, 0.2) is 24.4 Å². The number of halogens is 1. The van der Waals surface area contributed by atoms with E-state index in [0.29, 0.717) is 30.4 Å². The number of amides is 2. The number of hydrogen-bond donors (Lipinski definition) is 1. The Kier molecular flexibility index (Phi) is 5.06. The van der Waals surface area contributed by atoms with E-state index in [1.54, 1.807) is 13.2 Å². The van der Waals surface area contributed by atoms with E-state index in [4.69, 9.17) is 16.3 Å². The summed E-state index contributed by atoms with van der Waals surface area (Å²) < 4.78 is 7.08. The number of nitrogens with one attached hydrogen (secondary N) is 1. The first kappa shape index (κ1) is 16.8. The van der Waals surface area contributed by atoms with E-state index >= 15 is 0 Å². The Morgan fingerprint density at radius 2 is 2.29 bits per heavy atom. The molecule has 0 saturated heterocycles. The lowest BCUT2D eigenvalue weighted by Gasteiger charge is -2.22. The number of rotatable bonds is 3. The molecule has 3 rings (SSSR count). The summed E-state index contributed by atoms with van der Waals surface area (Å²) in [5.41, 5.74) is 3.78. The van der Waals surface area contributed by atoms with E-state index < -0.39 is 0 Å². The van der Waals surface area contributed by atoms with E-state index in [-0.39, 0.29) is 6.03 Å². The third-order valence-corrected chi connectivity index (χ3v) is 4.64. The Hall–Kier alpha value is -2.05. The van der Waals surface area contributed by atoms with Gasteiger partial charge in [-0.15, -0.1) is 0 Å². The van der Waals surface area contributed by atoms with E-state index in [1.807, 2.05) is 35.0 Å². The standard InChI is InChI=1S/C17H21ClN4O2/c1-21-16-7-4-8-22(10-12(16)9-19-21)17(23)20-15-6-3-5-14(18)13(15)11-24-2/h3,5-6,9H,4,7-8,10-11H2,1-2H3,(H,20,23).